The molecule has 3 atom stereocenters. The summed E-state index contributed by atoms with van der Waals surface area (Å²) in [7, 11) is 0. The number of para-hydroxylation sites is 1. The molecule has 2 aliphatic rings. The first-order valence-corrected chi connectivity index (χ1v) is 6.80. The Morgan fingerprint density at radius 1 is 1.37 bits per heavy atom. The molecule has 1 aromatic carbocycles. The van der Waals surface area contributed by atoms with Gasteiger partial charge in [-0.1, -0.05) is 32.0 Å². The number of carbonyl (C=O) groups is 1. The molecular formula is C15H19NO3. The summed E-state index contributed by atoms with van der Waals surface area (Å²) in [5.41, 5.74) is 1.11. The number of hydrogen-bond donors (Lipinski definition) is 1. The van der Waals surface area contributed by atoms with Gasteiger partial charge in [-0.2, -0.15) is 0 Å². The third-order valence-electron chi connectivity index (χ3n) is 4.10. The molecular weight excluding hydrogens is 242 g/mol. The largest absolute Gasteiger partial charge is 0.464 e. The molecule has 1 amide bonds. The average molecular weight is 261 g/mol. The van der Waals surface area contributed by atoms with E-state index in [4.69, 9.17) is 4.74 Å². The number of hydrogen-bond acceptors (Lipinski definition) is 3. The van der Waals surface area contributed by atoms with Crippen LogP contribution in [0.5, 0.6) is 5.75 Å². The van der Waals surface area contributed by atoms with Crippen LogP contribution in [0.15, 0.2) is 24.3 Å². The number of carbonyl (C=O) groups excluding carboxylic acids is 1. The maximum atomic E-state index is 12.1. The molecule has 1 aromatic rings. The van der Waals surface area contributed by atoms with E-state index in [1.54, 1.807) is 0 Å². The molecule has 2 aliphatic heterocycles. The van der Waals surface area contributed by atoms with Crippen LogP contribution in [-0.2, 0) is 4.79 Å². The number of rotatable bonds is 1. The summed E-state index contributed by atoms with van der Waals surface area (Å²) in [6.45, 7) is 5.08. The minimum atomic E-state index is -0.815. The molecule has 102 valence electrons. The quantitative estimate of drug-likeness (QED) is 0.835. The molecule has 0 spiro atoms. The Bertz CT molecular complexity index is 500. The maximum absolute atomic E-state index is 12.1. The fourth-order valence-electron chi connectivity index (χ4n) is 3.10. The van der Waals surface area contributed by atoms with Gasteiger partial charge in [0.25, 0.3) is 0 Å². The molecule has 0 bridgehead atoms. The molecule has 1 unspecified atom stereocenters. The van der Waals surface area contributed by atoms with Gasteiger partial charge in [0.15, 0.2) is 0 Å². The van der Waals surface area contributed by atoms with Crippen molar-refractivity contribution in [1.29, 1.82) is 0 Å². The lowest BCUT2D eigenvalue weighted by atomic mass is 9.86. The molecule has 0 radical (unpaired) electrons. The normalized spacial score (nSPS) is 28.8. The van der Waals surface area contributed by atoms with Crippen LogP contribution >= 0.6 is 0 Å². The molecule has 3 rings (SSSR count). The summed E-state index contributed by atoms with van der Waals surface area (Å²) < 4.78 is 5.55. The van der Waals surface area contributed by atoms with E-state index in [9.17, 15) is 9.90 Å². The number of likely N-dealkylation sites (tertiary alicyclic amines) is 1. The number of ether oxygens (including phenoxy) is 1. The van der Waals surface area contributed by atoms with Crippen molar-refractivity contribution in [1.82, 2.24) is 4.90 Å². The molecule has 4 nitrogen and oxygen atoms in total. The predicted molar refractivity (Wildman–Crippen MR) is 70.7 cm³/mol. The van der Waals surface area contributed by atoms with Crippen LogP contribution < -0.4 is 4.74 Å². The highest BCUT2D eigenvalue weighted by molar-refractivity contribution is 5.78. The van der Waals surface area contributed by atoms with Crippen molar-refractivity contribution in [3.63, 3.8) is 0 Å². The van der Waals surface area contributed by atoms with E-state index in [1.165, 1.54) is 0 Å². The minimum Gasteiger partial charge on any atom is -0.464 e. The Morgan fingerprint density at radius 2 is 2.11 bits per heavy atom. The van der Waals surface area contributed by atoms with Crippen LogP contribution in [0.4, 0.5) is 0 Å². The van der Waals surface area contributed by atoms with Gasteiger partial charge < -0.3 is 14.7 Å². The highest BCUT2D eigenvalue weighted by Gasteiger charge is 2.45. The van der Waals surface area contributed by atoms with Crippen LogP contribution in [0.3, 0.4) is 0 Å². The van der Waals surface area contributed by atoms with Crippen molar-refractivity contribution in [3.05, 3.63) is 29.8 Å². The van der Waals surface area contributed by atoms with E-state index in [2.05, 4.69) is 0 Å². The zero-order valence-corrected chi connectivity index (χ0v) is 11.2. The fourth-order valence-corrected chi connectivity index (χ4v) is 3.10. The SMILES string of the molecule is CC(C)C(=O)N1C[C@@H]2c3ccccc3OC(O)[C@@H]2C1. The molecule has 0 aromatic heterocycles. The van der Waals surface area contributed by atoms with Crippen molar-refractivity contribution in [2.45, 2.75) is 26.1 Å². The van der Waals surface area contributed by atoms with Crippen molar-refractivity contribution >= 4 is 5.91 Å². The van der Waals surface area contributed by atoms with Gasteiger partial charge in [0.2, 0.25) is 12.2 Å². The van der Waals surface area contributed by atoms with E-state index in [-0.39, 0.29) is 23.7 Å². The second-order valence-electron chi connectivity index (χ2n) is 5.71. The summed E-state index contributed by atoms with van der Waals surface area (Å²) in [5.74, 6) is 1.06. The van der Waals surface area contributed by atoms with Crippen molar-refractivity contribution in [2.75, 3.05) is 13.1 Å². The minimum absolute atomic E-state index is 0.00606. The molecule has 0 aliphatic carbocycles. The average Bonchev–Trinajstić information content (AvgIpc) is 2.83. The van der Waals surface area contributed by atoms with Crippen LogP contribution in [0.2, 0.25) is 0 Å². The topological polar surface area (TPSA) is 49.8 Å². The van der Waals surface area contributed by atoms with E-state index >= 15 is 0 Å². The molecule has 4 heteroatoms. The summed E-state index contributed by atoms with van der Waals surface area (Å²) in [6, 6.07) is 7.78. The lowest BCUT2D eigenvalue weighted by molar-refractivity contribution is -0.134. The summed E-state index contributed by atoms with van der Waals surface area (Å²) in [5, 5.41) is 10.1. The van der Waals surface area contributed by atoms with Crippen LogP contribution in [-0.4, -0.2) is 35.3 Å². The van der Waals surface area contributed by atoms with Crippen molar-refractivity contribution in [3.8, 4) is 5.75 Å². The zero-order valence-electron chi connectivity index (χ0n) is 11.2. The summed E-state index contributed by atoms with van der Waals surface area (Å²) in [6.07, 6.45) is -0.815. The van der Waals surface area contributed by atoms with Gasteiger partial charge in [-0.15, -0.1) is 0 Å². The number of aliphatic hydroxyl groups excluding tert-OH is 1. The Balaban J connectivity index is 1.90. The van der Waals surface area contributed by atoms with Gasteiger partial charge >= 0.3 is 0 Å². The van der Waals surface area contributed by atoms with Crippen LogP contribution in [0, 0.1) is 11.8 Å². The van der Waals surface area contributed by atoms with E-state index in [1.807, 2.05) is 43.0 Å². The second-order valence-corrected chi connectivity index (χ2v) is 5.71. The predicted octanol–water partition coefficient (Wildman–Crippen LogP) is 1.60. The molecule has 2 heterocycles. The monoisotopic (exact) mass is 261 g/mol. The molecule has 1 saturated heterocycles. The number of aliphatic hydroxyl groups is 1. The summed E-state index contributed by atoms with van der Waals surface area (Å²) >= 11 is 0. The lowest BCUT2D eigenvalue weighted by Crippen LogP contribution is -2.36. The van der Waals surface area contributed by atoms with Gasteiger partial charge in [0, 0.05) is 30.8 Å². The number of benzene rings is 1. The fraction of sp³-hybridized carbons (Fsp3) is 0.533. The number of nitrogens with zero attached hydrogens (tertiary/aromatic N) is 1. The first-order valence-electron chi connectivity index (χ1n) is 6.80. The molecule has 0 saturated carbocycles. The summed E-state index contributed by atoms with van der Waals surface area (Å²) in [4.78, 5) is 14.0. The Hall–Kier alpha value is -1.55. The van der Waals surface area contributed by atoms with Gasteiger partial charge in [0.1, 0.15) is 5.75 Å². The third kappa shape index (κ3) is 2.00. The maximum Gasteiger partial charge on any atom is 0.225 e. The first-order chi connectivity index (χ1) is 9.08. The first kappa shape index (κ1) is 12.5. The standard InChI is InChI=1S/C15H19NO3/c1-9(2)14(17)16-7-11-10-5-3-4-6-13(10)19-15(18)12(11)8-16/h3-6,9,11-12,15,18H,7-8H2,1-2H3/t11-,12-,15?/m1/s1. The van der Waals surface area contributed by atoms with Crippen molar-refractivity contribution in [2.24, 2.45) is 11.8 Å². The Labute approximate surface area is 113 Å². The van der Waals surface area contributed by atoms with Gasteiger partial charge in [-0.3, -0.25) is 4.79 Å². The van der Waals surface area contributed by atoms with Gasteiger partial charge in [-0.25, -0.2) is 0 Å². The second kappa shape index (κ2) is 4.53. The highest BCUT2D eigenvalue weighted by Crippen LogP contribution is 2.43. The van der Waals surface area contributed by atoms with Gasteiger partial charge in [-0.05, 0) is 11.6 Å². The Kier molecular flexibility index (Phi) is 2.97. The van der Waals surface area contributed by atoms with Crippen LogP contribution in [0.1, 0.15) is 25.3 Å². The Morgan fingerprint density at radius 3 is 2.84 bits per heavy atom. The molecule has 19 heavy (non-hydrogen) atoms. The third-order valence-corrected chi connectivity index (χ3v) is 4.10. The smallest absolute Gasteiger partial charge is 0.225 e. The van der Waals surface area contributed by atoms with E-state index in [0.29, 0.717) is 13.1 Å². The number of amides is 1. The van der Waals surface area contributed by atoms with Crippen LogP contribution in [0.25, 0.3) is 0 Å². The zero-order chi connectivity index (χ0) is 13.6. The highest BCUT2D eigenvalue weighted by atomic mass is 16.6. The van der Waals surface area contributed by atoms with Gasteiger partial charge in [0.05, 0.1) is 0 Å². The molecule has 1 fully saturated rings. The van der Waals surface area contributed by atoms with Crippen molar-refractivity contribution < 1.29 is 14.6 Å². The number of fused-ring (bicyclic) bond motifs is 3. The lowest BCUT2D eigenvalue weighted by Gasteiger charge is -2.31. The molecule has 1 N–H and O–H groups in total. The van der Waals surface area contributed by atoms with E-state index < -0.39 is 6.29 Å². The van der Waals surface area contributed by atoms with E-state index in [0.717, 1.165) is 11.3 Å².